The molecule has 0 atom stereocenters. The molecule has 1 saturated heterocycles. The van der Waals surface area contributed by atoms with Gasteiger partial charge < -0.3 is 9.30 Å². The molecule has 0 unspecified atom stereocenters. The fraction of sp³-hybridized carbons (Fsp3) is 0.444. The quantitative estimate of drug-likeness (QED) is 0.739. The predicted octanol–water partition coefficient (Wildman–Crippen LogP) is 2.35. The molecular weight excluding hydrogens is 302 g/mol. The number of nitrogens with zero attached hydrogens (tertiary/aromatic N) is 5. The Balaban J connectivity index is 1.37. The topological polar surface area (TPSA) is 48.1 Å². The van der Waals surface area contributed by atoms with Gasteiger partial charge in [-0.1, -0.05) is 11.3 Å². The van der Waals surface area contributed by atoms with E-state index < -0.39 is 0 Å². The van der Waals surface area contributed by atoms with Gasteiger partial charge in [0, 0.05) is 51.5 Å². The number of hydrogen-bond donors (Lipinski definition) is 0. The molecule has 3 heterocycles. The monoisotopic (exact) mass is 325 g/mol. The van der Waals surface area contributed by atoms with E-state index in [1.165, 1.54) is 10.9 Å². The average molecular weight is 325 g/mol. The van der Waals surface area contributed by atoms with Gasteiger partial charge in [0.2, 0.25) is 0 Å². The van der Waals surface area contributed by atoms with Gasteiger partial charge in [-0.2, -0.15) is 0 Å². The van der Waals surface area contributed by atoms with E-state index in [0.717, 1.165) is 43.9 Å². The molecule has 1 aliphatic heterocycles. The van der Waals surface area contributed by atoms with Crippen molar-refractivity contribution in [3.63, 3.8) is 0 Å². The maximum absolute atomic E-state index is 6.31. The second-order valence-electron chi connectivity index (χ2n) is 6.59. The lowest BCUT2D eigenvalue weighted by Crippen LogP contribution is -2.37. The summed E-state index contributed by atoms with van der Waals surface area (Å²) in [6.45, 7) is 2.94. The molecule has 1 aromatic carbocycles. The Hall–Kier alpha value is -2.34. The minimum Gasteiger partial charge on any atom is -0.490 e. The van der Waals surface area contributed by atoms with Gasteiger partial charge in [0.05, 0.1) is 11.2 Å². The molecule has 0 aliphatic carbocycles. The summed E-state index contributed by atoms with van der Waals surface area (Å²) >= 11 is 0. The average Bonchev–Trinajstić information content (AvgIpc) is 3.16. The first-order valence-corrected chi connectivity index (χ1v) is 8.47. The van der Waals surface area contributed by atoms with Crippen LogP contribution in [0.5, 0.6) is 5.75 Å². The Kier molecular flexibility index (Phi) is 3.98. The Morgan fingerprint density at radius 2 is 2.00 bits per heavy atom. The number of aryl methyl sites for hydroxylation is 2. The Bertz CT molecular complexity index is 829. The highest BCUT2D eigenvalue weighted by molar-refractivity contribution is 5.86. The molecule has 2 aromatic heterocycles. The lowest BCUT2D eigenvalue weighted by Gasteiger charge is -2.31. The number of benzene rings is 1. The largest absolute Gasteiger partial charge is 0.490 e. The summed E-state index contributed by atoms with van der Waals surface area (Å²) in [5.41, 5.74) is 2.25. The van der Waals surface area contributed by atoms with Gasteiger partial charge >= 0.3 is 0 Å². The van der Waals surface area contributed by atoms with Gasteiger partial charge in [-0.15, -0.1) is 5.10 Å². The van der Waals surface area contributed by atoms with Gasteiger partial charge in [-0.3, -0.25) is 9.58 Å². The molecule has 6 heteroatoms. The molecule has 0 spiro atoms. The summed E-state index contributed by atoms with van der Waals surface area (Å²) < 4.78 is 10.2. The number of fused-ring (bicyclic) bond motifs is 1. The summed E-state index contributed by atoms with van der Waals surface area (Å²) in [6.07, 6.45) is 6.45. The molecule has 0 N–H and O–H groups in total. The molecule has 0 radical (unpaired) electrons. The van der Waals surface area contributed by atoms with Crippen LogP contribution in [0.25, 0.3) is 10.9 Å². The van der Waals surface area contributed by atoms with Crippen molar-refractivity contribution in [2.24, 2.45) is 14.1 Å². The van der Waals surface area contributed by atoms with Crippen LogP contribution in [0.3, 0.4) is 0 Å². The molecule has 1 fully saturated rings. The SMILES string of the molecule is Cn1cc(CN2CCC(Oc3cccc4c3ccn4C)CC2)nn1. The van der Waals surface area contributed by atoms with E-state index in [-0.39, 0.29) is 6.10 Å². The fourth-order valence-corrected chi connectivity index (χ4v) is 3.44. The van der Waals surface area contributed by atoms with Gasteiger partial charge in [-0.05, 0) is 31.0 Å². The lowest BCUT2D eigenvalue weighted by molar-refractivity contribution is 0.0973. The van der Waals surface area contributed by atoms with E-state index in [9.17, 15) is 0 Å². The summed E-state index contributed by atoms with van der Waals surface area (Å²) in [5.74, 6) is 1.00. The fourth-order valence-electron chi connectivity index (χ4n) is 3.44. The zero-order chi connectivity index (χ0) is 16.5. The minimum absolute atomic E-state index is 0.286. The van der Waals surface area contributed by atoms with Crippen molar-refractivity contribution in [3.8, 4) is 5.75 Å². The minimum atomic E-state index is 0.286. The van der Waals surface area contributed by atoms with Crippen molar-refractivity contribution in [3.05, 3.63) is 42.4 Å². The molecule has 0 amide bonds. The van der Waals surface area contributed by atoms with E-state index in [1.807, 2.05) is 13.2 Å². The zero-order valence-corrected chi connectivity index (χ0v) is 14.2. The maximum atomic E-state index is 6.31. The van der Waals surface area contributed by atoms with Crippen molar-refractivity contribution in [2.45, 2.75) is 25.5 Å². The summed E-state index contributed by atoms with van der Waals surface area (Å²) in [6, 6.07) is 8.41. The second kappa shape index (κ2) is 6.28. The van der Waals surface area contributed by atoms with Crippen LogP contribution in [0.4, 0.5) is 0 Å². The summed E-state index contributed by atoms with van der Waals surface area (Å²) in [7, 11) is 3.97. The van der Waals surface area contributed by atoms with Crippen LogP contribution in [0.2, 0.25) is 0 Å². The van der Waals surface area contributed by atoms with Gasteiger partial charge in [0.25, 0.3) is 0 Å². The number of likely N-dealkylation sites (tertiary alicyclic amines) is 1. The van der Waals surface area contributed by atoms with Crippen LogP contribution in [0.1, 0.15) is 18.5 Å². The Morgan fingerprint density at radius 3 is 2.75 bits per heavy atom. The highest BCUT2D eigenvalue weighted by Gasteiger charge is 2.22. The lowest BCUT2D eigenvalue weighted by atomic mass is 10.1. The van der Waals surface area contributed by atoms with Crippen LogP contribution in [-0.2, 0) is 20.6 Å². The van der Waals surface area contributed by atoms with Crippen LogP contribution in [0, 0.1) is 0 Å². The first kappa shape index (κ1) is 15.2. The van der Waals surface area contributed by atoms with Crippen molar-refractivity contribution in [1.29, 1.82) is 0 Å². The van der Waals surface area contributed by atoms with Crippen LogP contribution < -0.4 is 4.74 Å². The first-order chi connectivity index (χ1) is 11.7. The Labute approximate surface area is 141 Å². The smallest absolute Gasteiger partial charge is 0.129 e. The van der Waals surface area contributed by atoms with Gasteiger partial charge in [-0.25, -0.2) is 0 Å². The van der Waals surface area contributed by atoms with Crippen molar-refractivity contribution in [1.82, 2.24) is 24.5 Å². The van der Waals surface area contributed by atoms with Crippen LogP contribution in [-0.4, -0.2) is 43.7 Å². The number of piperidine rings is 1. The van der Waals surface area contributed by atoms with E-state index in [4.69, 9.17) is 4.74 Å². The normalized spacial score (nSPS) is 16.8. The molecule has 126 valence electrons. The third kappa shape index (κ3) is 3.01. The number of ether oxygens (including phenoxy) is 1. The van der Waals surface area contributed by atoms with E-state index in [1.54, 1.807) is 4.68 Å². The van der Waals surface area contributed by atoms with E-state index in [0.29, 0.717) is 0 Å². The van der Waals surface area contributed by atoms with E-state index >= 15 is 0 Å². The molecule has 3 aromatic rings. The second-order valence-corrected chi connectivity index (χ2v) is 6.59. The number of hydrogen-bond acceptors (Lipinski definition) is 4. The molecule has 4 rings (SSSR count). The predicted molar refractivity (Wildman–Crippen MR) is 92.8 cm³/mol. The molecule has 24 heavy (non-hydrogen) atoms. The highest BCUT2D eigenvalue weighted by atomic mass is 16.5. The zero-order valence-electron chi connectivity index (χ0n) is 14.2. The number of aromatic nitrogens is 4. The van der Waals surface area contributed by atoms with Crippen molar-refractivity contribution < 1.29 is 4.74 Å². The first-order valence-electron chi connectivity index (χ1n) is 8.47. The summed E-state index contributed by atoms with van der Waals surface area (Å²) in [4.78, 5) is 2.42. The third-order valence-electron chi connectivity index (χ3n) is 4.75. The molecule has 0 saturated carbocycles. The van der Waals surface area contributed by atoms with Crippen LogP contribution in [0.15, 0.2) is 36.7 Å². The molecule has 6 nitrogen and oxygen atoms in total. The third-order valence-corrected chi connectivity index (χ3v) is 4.75. The molecular formula is C18H23N5O. The highest BCUT2D eigenvalue weighted by Crippen LogP contribution is 2.28. The van der Waals surface area contributed by atoms with Gasteiger partial charge in [0.1, 0.15) is 11.9 Å². The van der Waals surface area contributed by atoms with Crippen molar-refractivity contribution in [2.75, 3.05) is 13.1 Å². The number of rotatable bonds is 4. The Morgan fingerprint density at radius 1 is 1.17 bits per heavy atom. The van der Waals surface area contributed by atoms with Crippen LogP contribution >= 0.6 is 0 Å². The van der Waals surface area contributed by atoms with Gasteiger partial charge in [0.15, 0.2) is 0 Å². The molecule has 0 bridgehead atoms. The van der Waals surface area contributed by atoms with Crippen molar-refractivity contribution >= 4 is 10.9 Å². The standard InChI is InChI=1S/C18H23N5O/c1-21-9-8-16-17(21)4-3-5-18(16)24-15-6-10-23(11-7-15)13-14-12-22(2)20-19-14/h3-5,8-9,12,15H,6-7,10-11,13H2,1-2H3. The summed E-state index contributed by atoms with van der Waals surface area (Å²) in [5, 5.41) is 9.36. The molecule has 1 aliphatic rings. The maximum Gasteiger partial charge on any atom is 0.129 e. The van der Waals surface area contributed by atoms with E-state index in [2.05, 4.69) is 57.3 Å².